The number of nitrogens with one attached hydrogen (secondary N) is 2. The summed E-state index contributed by atoms with van der Waals surface area (Å²) in [5.41, 5.74) is 0. The molecule has 3 heteroatoms. The number of rotatable bonds is 8. The maximum atomic E-state index is 5.68. The lowest BCUT2D eigenvalue weighted by Gasteiger charge is -2.22. The Morgan fingerprint density at radius 1 is 1.12 bits per heavy atom. The standard InChI is InChI=1S/C13H28N2O/c1-12(2)11-15-9-8-14-7-6-13-5-3-4-10-16-13/h12-15H,3-11H2,1-2H3. The van der Waals surface area contributed by atoms with Crippen LogP contribution < -0.4 is 10.6 Å². The topological polar surface area (TPSA) is 33.3 Å². The SMILES string of the molecule is CC(C)CNCCNCCC1CCCCO1. The smallest absolute Gasteiger partial charge is 0.0587 e. The summed E-state index contributed by atoms with van der Waals surface area (Å²) in [5, 5.41) is 6.89. The van der Waals surface area contributed by atoms with E-state index in [0.29, 0.717) is 6.10 Å². The van der Waals surface area contributed by atoms with Crippen LogP contribution in [0.15, 0.2) is 0 Å². The van der Waals surface area contributed by atoms with E-state index in [4.69, 9.17) is 4.74 Å². The maximum absolute atomic E-state index is 5.68. The summed E-state index contributed by atoms with van der Waals surface area (Å²) in [6, 6.07) is 0. The van der Waals surface area contributed by atoms with Crippen molar-refractivity contribution in [3.8, 4) is 0 Å². The lowest BCUT2D eigenvalue weighted by molar-refractivity contribution is 0.0116. The fraction of sp³-hybridized carbons (Fsp3) is 1.00. The van der Waals surface area contributed by atoms with E-state index in [0.717, 1.165) is 38.7 Å². The Morgan fingerprint density at radius 3 is 2.62 bits per heavy atom. The number of hydrogen-bond acceptors (Lipinski definition) is 3. The van der Waals surface area contributed by atoms with Crippen LogP contribution in [0.4, 0.5) is 0 Å². The Morgan fingerprint density at radius 2 is 1.94 bits per heavy atom. The normalized spacial score (nSPS) is 21.6. The summed E-state index contributed by atoms with van der Waals surface area (Å²) < 4.78 is 5.68. The van der Waals surface area contributed by atoms with Gasteiger partial charge in [-0.2, -0.15) is 0 Å². The zero-order valence-electron chi connectivity index (χ0n) is 10.9. The molecule has 0 amide bonds. The van der Waals surface area contributed by atoms with Crippen molar-refractivity contribution in [2.75, 3.05) is 32.8 Å². The molecule has 96 valence electrons. The summed E-state index contributed by atoms with van der Waals surface area (Å²) in [4.78, 5) is 0. The van der Waals surface area contributed by atoms with Crippen molar-refractivity contribution in [2.24, 2.45) is 5.92 Å². The van der Waals surface area contributed by atoms with E-state index in [2.05, 4.69) is 24.5 Å². The Kier molecular flexibility index (Phi) is 7.81. The van der Waals surface area contributed by atoms with Crippen molar-refractivity contribution < 1.29 is 4.74 Å². The van der Waals surface area contributed by atoms with Gasteiger partial charge in [-0.3, -0.25) is 0 Å². The second-order valence-corrected chi connectivity index (χ2v) is 5.13. The molecule has 16 heavy (non-hydrogen) atoms. The van der Waals surface area contributed by atoms with E-state index in [1.54, 1.807) is 0 Å². The lowest BCUT2D eigenvalue weighted by Crippen LogP contribution is -2.32. The van der Waals surface area contributed by atoms with Crippen LogP contribution in [-0.2, 0) is 4.74 Å². The van der Waals surface area contributed by atoms with E-state index in [1.165, 1.54) is 25.7 Å². The molecule has 1 rings (SSSR count). The molecule has 1 aliphatic rings. The molecule has 1 aliphatic heterocycles. The molecule has 0 bridgehead atoms. The van der Waals surface area contributed by atoms with Crippen LogP contribution in [0.5, 0.6) is 0 Å². The van der Waals surface area contributed by atoms with E-state index >= 15 is 0 Å². The van der Waals surface area contributed by atoms with Crippen molar-refractivity contribution in [1.29, 1.82) is 0 Å². The monoisotopic (exact) mass is 228 g/mol. The lowest BCUT2D eigenvalue weighted by atomic mass is 10.1. The highest BCUT2D eigenvalue weighted by Crippen LogP contribution is 2.14. The van der Waals surface area contributed by atoms with Gasteiger partial charge in [0.15, 0.2) is 0 Å². The quantitative estimate of drug-likeness (QED) is 0.621. The molecule has 0 aromatic heterocycles. The van der Waals surface area contributed by atoms with E-state index < -0.39 is 0 Å². The van der Waals surface area contributed by atoms with Gasteiger partial charge in [0.25, 0.3) is 0 Å². The third kappa shape index (κ3) is 7.20. The number of hydrogen-bond donors (Lipinski definition) is 2. The van der Waals surface area contributed by atoms with Gasteiger partial charge in [-0.15, -0.1) is 0 Å². The number of ether oxygens (including phenoxy) is 1. The molecule has 1 heterocycles. The van der Waals surface area contributed by atoms with Crippen molar-refractivity contribution in [3.05, 3.63) is 0 Å². The van der Waals surface area contributed by atoms with Gasteiger partial charge >= 0.3 is 0 Å². The van der Waals surface area contributed by atoms with Crippen LogP contribution in [0.25, 0.3) is 0 Å². The van der Waals surface area contributed by atoms with Gasteiger partial charge in [-0.05, 0) is 44.7 Å². The first-order valence-electron chi connectivity index (χ1n) is 6.82. The predicted molar refractivity (Wildman–Crippen MR) is 68.8 cm³/mol. The predicted octanol–water partition coefficient (Wildman–Crippen LogP) is 1.78. The minimum absolute atomic E-state index is 0.518. The van der Waals surface area contributed by atoms with Gasteiger partial charge in [-0.1, -0.05) is 13.8 Å². The van der Waals surface area contributed by atoms with Gasteiger partial charge in [0.2, 0.25) is 0 Å². The Bertz CT molecular complexity index is 156. The molecule has 1 atom stereocenters. The van der Waals surface area contributed by atoms with Gasteiger partial charge in [0, 0.05) is 19.7 Å². The highest BCUT2D eigenvalue weighted by molar-refractivity contribution is 4.65. The first-order valence-corrected chi connectivity index (χ1v) is 6.82. The second-order valence-electron chi connectivity index (χ2n) is 5.13. The zero-order valence-corrected chi connectivity index (χ0v) is 10.9. The maximum Gasteiger partial charge on any atom is 0.0587 e. The largest absolute Gasteiger partial charge is 0.378 e. The van der Waals surface area contributed by atoms with Crippen LogP contribution in [0.1, 0.15) is 39.5 Å². The second kappa shape index (κ2) is 8.97. The Hall–Kier alpha value is -0.120. The van der Waals surface area contributed by atoms with Gasteiger partial charge in [0.1, 0.15) is 0 Å². The van der Waals surface area contributed by atoms with Crippen LogP contribution in [0.3, 0.4) is 0 Å². The highest BCUT2D eigenvalue weighted by atomic mass is 16.5. The van der Waals surface area contributed by atoms with E-state index in [1.807, 2.05) is 0 Å². The van der Waals surface area contributed by atoms with Crippen LogP contribution in [-0.4, -0.2) is 38.9 Å². The molecule has 1 unspecified atom stereocenters. The molecule has 0 aliphatic carbocycles. The van der Waals surface area contributed by atoms with Crippen molar-refractivity contribution in [2.45, 2.75) is 45.6 Å². The van der Waals surface area contributed by atoms with Crippen LogP contribution in [0, 0.1) is 5.92 Å². The molecule has 0 radical (unpaired) electrons. The molecule has 3 nitrogen and oxygen atoms in total. The summed E-state index contributed by atoms with van der Waals surface area (Å²) in [7, 11) is 0. The fourth-order valence-electron chi connectivity index (χ4n) is 1.99. The molecule has 0 saturated carbocycles. The summed E-state index contributed by atoms with van der Waals surface area (Å²) in [6.45, 7) is 9.80. The van der Waals surface area contributed by atoms with Gasteiger partial charge in [0.05, 0.1) is 6.10 Å². The average Bonchev–Trinajstić information content (AvgIpc) is 2.29. The first kappa shape index (κ1) is 13.9. The van der Waals surface area contributed by atoms with Crippen molar-refractivity contribution in [1.82, 2.24) is 10.6 Å². The van der Waals surface area contributed by atoms with Crippen molar-refractivity contribution in [3.63, 3.8) is 0 Å². The highest BCUT2D eigenvalue weighted by Gasteiger charge is 2.12. The van der Waals surface area contributed by atoms with Gasteiger partial charge in [-0.25, -0.2) is 0 Å². The molecular formula is C13H28N2O. The molecule has 1 fully saturated rings. The minimum atomic E-state index is 0.518. The molecule has 0 aromatic carbocycles. The molecule has 1 saturated heterocycles. The van der Waals surface area contributed by atoms with Gasteiger partial charge < -0.3 is 15.4 Å². The minimum Gasteiger partial charge on any atom is -0.378 e. The first-order chi connectivity index (χ1) is 7.79. The molecular weight excluding hydrogens is 200 g/mol. The average molecular weight is 228 g/mol. The van der Waals surface area contributed by atoms with Crippen LogP contribution >= 0.6 is 0 Å². The zero-order chi connectivity index (χ0) is 11.6. The summed E-state index contributed by atoms with van der Waals surface area (Å²) >= 11 is 0. The Labute approximate surface area is 100 Å². The summed E-state index contributed by atoms with van der Waals surface area (Å²) in [5.74, 6) is 0.746. The van der Waals surface area contributed by atoms with Crippen molar-refractivity contribution >= 4 is 0 Å². The van der Waals surface area contributed by atoms with Crippen LogP contribution in [0.2, 0.25) is 0 Å². The molecule has 2 N–H and O–H groups in total. The third-order valence-corrected chi connectivity index (χ3v) is 2.95. The third-order valence-electron chi connectivity index (χ3n) is 2.95. The molecule has 0 aromatic rings. The van der Waals surface area contributed by atoms with E-state index in [9.17, 15) is 0 Å². The Balaban J connectivity index is 1.80. The summed E-state index contributed by atoms with van der Waals surface area (Å²) in [6.07, 6.45) is 5.55. The van der Waals surface area contributed by atoms with E-state index in [-0.39, 0.29) is 0 Å². The fourth-order valence-corrected chi connectivity index (χ4v) is 1.99. The molecule has 0 spiro atoms.